The monoisotopic (exact) mass is 329 g/mol. The second-order valence-corrected chi connectivity index (χ2v) is 6.25. The van der Waals surface area contributed by atoms with Gasteiger partial charge in [-0.25, -0.2) is 0 Å². The lowest BCUT2D eigenvalue weighted by Gasteiger charge is -2.22. The minimum atomic E-state index is -0.111. The van der Waals surface area contributed by atoms with Crippen molar-refractivity contribution in [3.8, 4) is 0 Å². The summed E-state index contributed by atoms with van der Waals surface area (Å²) in [6.07, 6.45) is 7.39. The van der Waals surface area contributed by atoms with Crippen LogP contribution in [-0.4, -0.2) is 16.9 Å². The van der Waals surface area contributed by atoms with Crippen LogP contribution >= 0.6 is 11.6 Å². The van der Waals surface area contributed by atoms with E-state index in [1.54, 1.807) is 12.3 Å². The van der Waals surface area contributed by atoms with Gasteiger partial charge in [-0.05, 0) is 37.1 Å². The number of rotatable bonds is 4. The third-order valence-electron chi connectivity index (χ3n) is 4.09. The Morgan fingerprint density at radius 3 is 2.70 bits per heavy atom. The van der Waals surface area contributed by atoms with Crippen molar-refractivity contribution in [3.63, 3.8) is 0 Å². The van der Waals surface area contributed by atoms with Crippen LogP contribution in [0.4, 0.5) is 11.4 Å². The topological polar surface area (TPSA) is 54.0 Å². The SMILES string of the molecule is O=C(NC1CCCCC1)c1cc(Nc2ccccc2Cl)ccn1. The molecule has 1 aromatic carbocycles. The lowest BCUT2D eigenvalue weighted by molar-refractivity contribution is 0.0922. The number of anilines is 2. The molecule has 23 heavy (non-hydrogen) atoms. The van der Waals surface area contributed by atoms with Crippen molar-refractivity contribution in [2.24, 2.45) is 0 Å². The molecule has 0 saturated heterocycles. The van der Waals surface area contributed by atoms with Crippen LogP contribution in [0.1, 0.15) is 42.6 Å². The molecular weight excluding hydrogens is 310 g/mol. The number of nitrogens with zero attached hydrogens (tertiary/aromatic N) is 1. The summed E-state index contributed by atoms with van der Waals surface area (Å²) in [5.74, 6) is -0.111. The van der Waals surface area contributed by atoms with Crippen molar-refractivity contribution < 1.29 is 4.79 Å². The van der Waals surface area contributed by atoms with Crippen molar-refractivity contribution in [3.05, 3.63) is 53.3 Å². The van der Waals surface area contributed by atoms with Crippen LogP contribution in [-0.2, 0) is 0 Å². The van der Waals surface area contributed by atoms with E-state index < -0.39 is 0 Å². The molecule has 0 bridgehead atoms. The van der Waals surface area contributed by atoms with E-state index in [0.29, 0.717) is 10.7 Å². The first kappa shape index (κ1) is 15.8. The molecule has 1 heterocycles. The van der Waals surface area contributed by atoms with Crippen LogP contribution in [0.15, 0.2) is 42.6 Å². The number of nitrogens with one attached hydrogen (secondary N) is 2. The predicted molar refractivity (Wildman–Crippen MR) is 93.3 cm³/mol. The molecule has 1 amide bonds. The van der Waals surface area contributed by atoms with Crippen LogP contribution in [0, 0.1) is 0 Å². The summed E-state index contributed by atoms with van der Waals surface area (Å²) in [5, 5.41) is 6.94. The summed E-state index contributed by atoms with van der Waals surface area (Å²) in [5.41, 5.74) is 2.02. The number of carbonyl (C=O) groups is 1. The molecule has 0 radical (unpaired) electrons. The zero-order chi connectivity index (χ0) is 16.1. The average Bonchev–Trinajstić information content (AvgIpc) is 2.58. The number of hydrogen-bond donors (Lipinski definition) is 2. The standard InChI is InChI=1S/C18H20ClN3O/c19-15-8-4-5-9-16(15)21-14-10-11-20-17(12-14)18(23)22-13-6-2-1-3-7-13/h4-5,8-13H,1-3,6-7H2,(H,20,21)(H,22,23). The first-order valence-corrected chi connectivity index (χ1v) is 8.38. The van der Waals surface area contributed by atoms with E-state index in [9.17, 15) is 4.79 Å². The lowest BCUT2D eigenvalue weighted by atomic mass is 9.95. The molecule has 4 nitrogen and oxygen atoms in total. The number of para-hydroxylation sites is 1. The molecule has 2 N–H and O–H groups in total. The molecule has 3 rings (SSSR count). The Labute approximate surface area is 141 Å². The van der Waals surface area contributed by atoms with E-state index >= 15 is 0 Å². The van der Waals surface area contributed by atoms with Crippen LogP contribution in [0.5, 0.6) is 0 Å². The van der Waals surface area contributed by atoms with E-state index in [1.165, 1.54) is 19.3 Å². The van der Waals surface area contributed by atoms with Crippen molar-refractivity contribution in [1.82, 2.24) is 10.3 Å². The maximum absolute atomic E-state index is 12.4. The number of hydrogen-bond acceptors (Lipinski definition) is 3. The summed E-state index contributed by atoms with van der Waals surface area (Å²) in [6.45, 7) is 0. The van der Waals surface area contributed by atoms with Crippen LogP contribution in [0.3, 0.4) is 0 Å². The Kier molecular flexibility index (Phi) is 5.13. The van der Waals surface area contributed by atoms with Gasteiger partial charge in [-0.15, -0.1) is 0 Å². The maximum atomic E-state index is 12.4. The molecule has 0 spiro atoms. The highest BCUT2D eigenvalue weighted by Crippen LogP contribution is 2.25. The minimum absolute atomic E-state index is 0.111. The number of carbonyl (C=O) groups excluding carboxylic acids is 1. The Morgan fingerprint density at radius 1 is 1.13 bits per heavy atom. The van der Waals surface area contributed by atoms with Crippen LogP contribution in [0.25, 0.3) is 0 Å². The second kappa shape index (κ2) is 7.47. The Balaban J connectivity index is 1.69. The van der Waals surface area contributed by atoms with E-state index in [4.69, 9.17) is 11.6 Å². The Bertz CT molecular complexity index is 683. The van der Waals surface area contributed by atoms with Crippen molar-refractivity contribution >= 4 is 28.9 Å². The van der Waals surface area contributed by atoms with Crippen LogP contribution in [0.2, 0.25) is 5.02 Å². The van der Waals surface area contributed by atoms with Crippen molar-refractivity contribution in [2.75, 3.05) is 5.32 Å². The summed E-state index contributed by atoms with van der Waals surface area (Å²) >= 11 is 6.15. The molecule has 1 aliphatic rings. The van der Waals surface area contributed by atoms with E-state index in [1.807, 2.05) is 30.3 Å². The number of pyridine rings is 1. The van der Waals surface area contributed by atoms with Gasteiger partial charge in [-0.2, -0.15) is 0 Å². The molecule has 0 aliphatic heterocycles. The van der Waals surface area contributed by atoms with E-state index in [0.717, 1.165) is 24.2 Å². The van der Waals surface area contributed by atoms with E-state index in [2.05, 4.69) is 15.6 Å². The zero-order valence-corrected chi connectivity index (χ0v) is 13.6. The van der Waals surface area contributed by atoms with Crippen molar-refractivity contribution in [2.45, 2.75) is 38.1 Å². The molecule has 1 saturated carbocycles. The molecule has 1 aromatic heterocycles. The number of benzene rings is 1. The van der Waals surface area contributed by atoms with Gasteiger partial charge in [-0.3, -0.25) is 9.78 Å². The van der Waals surface area contributed by atoms with Gasteiger partial charge in [0.25, 0.3) is 5.91 Å². The first-order valence-electron chi connectivity index (χ1n) is 8.01. The number of halogens is 1. The third-order valence-corrected chi connectivity index (χ3v) is 4.42. The van der Waals surface area contributed by atoms with Gasteiger partial charge in [0.15, 0.2) is 0 Å². The smallest absolute Gasteiger partial charge is 0.270 e. The lowest BCUT2D eigenvalue weighted by Crippen LogP contribution is -2.36. The van der Waals surface area contributed by atoms with Gasteiger partial charge >= 0.3 is 0 Å². The molecule has 5 heteroatoms. The highest BCUT2D eigenvalue weighted by Gasteiger charge is 2.17. The Hall–Kier alpha value is -2.07. The van der Waals surface area contributed by atoms with Gasteiger partial charge in [0, 0.05) is 17.9 Å². The minimum Gasteiger partial charge on any atom is -0.354 e. The fourth-order valence-electron chi connectivity index (χ4n) is 2.86. The summed E-state index contributed by atoms with van der Waals surface area (Å²) in [7, 11) is 0. The van der Waals surface area contributed by atoms with Crippen molar-refractivity contribution in [1.29, 1.82) is 0 Å². The van der Waals surface area contributed by atoms with Gasteiger partial charge < -0.3 is 10.6 Å². The molecule has 0 unspecified atom stereocenters. The highest BCUT2D eigenvalue weighted by atomic mass is 35.5. The quantitative estimate of drug-likeness (QED) is 0.865. The average molecular weight is 330 g/mol. The third kappa shape index (κ3) is 4.23. The summed E-state index contributed by atoms with van der Waals surface area (Å²) in [4.78, 5) is 16.5. The molecule has 120 valence electrons. The van der Waals surface area contributed by atoms with Gasteiger partial charge in [0.2, 0.25) is 0 Å². The molecule has 1 fully saturated rings. The first-order chi connectivity index (χ1) is 11.2. The molecule has 2 aromatic rings. The van der Waals surface area contributed by atoms with Crippen LogP contribution < -0.4 is 10.6 Å². The molecule has 0 atom stereocenters. The predicted octanol–water partition coefficient (Wildman–Crippen LogP) is 4.54. The summed E-state index contributed by atoms with van der Waals surface area (Å²) < 4.78 is 0. The van der Waals surface area contributed by atoms with E-state index in [-0.39, 0.29) is 11.9 Å². The largest absolute Gasteiger partial charge is 0.354 e. The fraction of sp³-hybridized carbons (Fsp3) is 0.333. The molecular formula is C18H20ClN3O. The van der Waals surface area contributed by atoms with Gasteiger partial charge in [0.1, 0.15) is 5.69 Å². The molecule has 1 aliphatic carbocycles. The summed E-state index contributed by atoms with van der Waals surface area (Å²) in [6, 6.07) is 11.3. The number of aromatic nitrogens is 1. The Morgan fingerprint density at radius 2 is 1.91 bits per heavy atom. The number of amides is 1. The normalized spacial score (nSPS) is 15.2. The maximum Gasteiger partial charge on any atom is 0.270 e. The van der Waals surface area contributed by atoms with Gasteiger partial charge in [0.05, 0.1) is 10.7 Å². The highest BCUT2D eigenvalue weighted by molar-refractivity contribution is 6.33. The second-order valence-electron chi connectivity index (χ2n) is 5.84. The zero-order valence-electron chi connectivity index (χ0n) is 12.9. The fourth-order valence-corrected chi connectivity index (χ4v) is 3.04. The van der Waals surface area contributed by atoms with Gasteiger partial charge in [-0.1, -0.05) is 43.0 Å².